The fourth-order valence-corrected chi connectivity index (χ4v) is 5.97. The number of fused-ring (bicyclic) bond motifs is 1. The lowest BCUT2D eigenvalue weighted by Gasteiger charge is -2.34. The van der Waals surface area contributed by atoms with Crippen molar-refractivity contribution in [2.45, 2.75) is 64.0 Å². The molecule has 0 bridgehead atoms. The summed E-state index contributed by atoms with van der Waals surface area (Å²) in [7, 11) is 0. The second-order valence-corrected chi connectivity index (χ2v) is 10.4. The Hall–Kier alpha value is -2.77. The molecule has 2 saturated heterocycles. The molecule has 2 aliphatic heterocycles. The van der Waals surface area contributed by atoms with Crippen LogP contribution in [-0.2, 0) is 21.4 Å². The van der Waals surface area contributed by atoms with E-state index in [2.05, 4.69) is 59.9 Å². The minimum Gasteiger partial charge on any atom is -0.350 e. The second kappa shape index (κ2) is 6.87. The van der Waals surface area contributed by atoms with Crippen LogP contribution in [0.15, 0.2) is 54.6 Å². The Morgan fingerprint density at radius 2 is 1.61 bits per heavy atom. The Labute approximate surface area is 193 Å². The number of nitrogens with zero attached hydrogens (tertiary/aromatic N) is 2. The van der Waals surface area contributed by atoms with E-state index in [1.54, 1.807) is 5.06 Å². The molecule has 1 N–H and O–H groups in total. The van der Waals surface area contributed by atoms with Crippen LogP contribution in [0.25, 0.3) is 32.3 Å². The molecular weight excluding hydrogens is 414 g/mol. The molecule has 6 nitrogen and oxygen atoms in total. The van der Waals surface area contributed by atoms with E-state index in [0.29, 0.717) is 13.0 Å². The van der Waals surface area contributed by atoms with Gasteiger partial charge in [-0.3, -0.25) is 9.63 Å². The molecule has 0 saturated carbocycles. The van der Waals surface area contributed by atoms with Gasteiger partial charge in [0.05, 0.1) is 11.6 Å². The van der Waals surface area contributed by atoms with Crippen LogP contribution < -0.4 is 5.32 Å². The van der Waals surface area contributed by atoms with Gasteiger partial charge in [0.1, 0.15) is 5.66 Å². The number of carbonyl (C=O) groups is 1. The van der Waals surface area contributed by atoms with Crippen LogP contribution in [0.2, 0.25) is 0 Å². The van der Waals surface area contributed by atoms with Crippen LogP contribution in [0.4, 0.5) is 0 Å². The molecule has 4 aromatic carbocycles. The molecule has 2 heterocycles. The third-order valence-electron chi connectivity index (χ3n) is 7.70. The van der Waals surface area contributed by atoms with Crippen molar-refractivity contribution >= 4 is 38.2 Å². The van der Waals surface area contributed by atoms with Crippen molar-refractivity contribution < 1.29 is 14.8 Å². The number of carbonyl (C=O) groups excluding carboxylic acids is 1. The van der Waals surface area contributed by atoms with Gasteiger partial charge in [0.15, 0.2) is 6.10 Å². The van der Waals surface area contributed by atoms with E-state index in [9.17, 15) is 10.0 Å². The van der Waals surface area contributed by atoms with E-state index < -0.39 is 17.3 Å². The van der Waals surface area contributed by atoms with E-state index in [-0.39, 0.29) is 11.9 Å². The van der Waals surface area contributed by atoms with E-state index in [4.69, 9.17) is 4.84 Å². The first kappa shape index (κ1) is 20.8. The van der Waals surface area contributed by atoms with E-state index in [1.807, 2.05) is 27.7 Å². The predicted octanol–water partition coefficient (Wildman–Crippen LogP) is 4.75. The number of hydroxylamine groups is 4. The Balaban J connectivity index is 1.26. The van der Waals surface area contributed by atoms with Gasteiger partial charge in [-0.1, -0.05) is 54.6 Å². The summed E-state index contributed by atoms with van der Waals surface area (Å²) < 4.78 is 0. The van der Waals surface area contributed by atoms with E-state index >= 15 is 0 Å². The maximum absolute atomic E-state index is 13.1. The molecule has 4 aromatic rings. The van der Waals surface area contributed by atoms with Crippen molar-refractivity contribution in [3.05, 3.63) is 60.2 Å². The average molecular weight is 443 g/mol. The molecule has 33 heavy (non-hydrogen) atoms. The Morgan fingerprint density at radius 1 is 0.970 bits per heavy atom. The van der Waals surface area contributed by atoms with Crippen LogP contribution in [0.5, 0.6) is 0 Å². The summed E-state index contributed by atoms with van der Waals surface area (Å²) in [6.07, 6.45) is -0.0959. The van der Waals surface area contributed by atoms with Gasteiger partial charge in [-0.05, 0) is 65.6 Å². The van der Waals surface area contributed by atoms with Gasteiger partial charge < -0.3 is 5.32 Å². The summed E-state index contributed by atoms with van der Waals surface area (Å²) in [4.78, 5) is 19.1. The molecule has 0 spiro atoms. The Bertz CT molecular complexity index is 1360. The fourth-order valence-electron chi connectivity index (χ4n) is 5.97. The summed E-state index contributed by atoms with van der Waals surface area (Å²) >= 11 is 0. The normalized spacial score (nSPS) is 24.8. The summed E-state index contributed by atoms with van der Waals surface area (Å²) in [6.45, 7) is 7.94. The number of nitrogens with one attached hydrogen (secondary N) is 1. The van der Waals surface area contributed by atoms with Crippen molar-refractivity contribution in [1.82, 2.24) is 15.4 Å². The van der Waals surface area contributed by atoms with Crippen LogP contribution in [-0.4, -0.2) is 39.4 Å². The highest BCUT2D eigenvalue weighted by molar-refractivity contribution is 6.23. The van der Waals surface area contributed by atoms with Crippen molar-refractivity contribution in [3.63, 3.8) is 0 Å². The smallest absolute Gasteiger partial charge is 0.251 e. The molecule has 169 valence electrons. The number of benzene rings is 4. The molecule has 2 aliphatic rings. The highest BCUT2D eigenvalue weighted by Crippen LogP contribution is 2.47. The third kappa shape index (κ3) is 2.85. The molecule has 0 aromatic heterocycles. The van der Waals surface area contributed by atoms with Crippen LogP contribution >= 0.6 is 0 Å². The molecule has 0 aliphatic carbocycles. The van der Waals surface area contributed by atoms with Gasteiger partial charge >= 0.3 is 0 Å². The standard InChI is InChI=1S/C27H28N3O3/c1-26(2)22-14-21(33-29(22)27(3,4)30(26)32)25(31)28-15-19-11-10-18-9-8-16-6-5-7-17-12-13-20(19)24(18)23(16)17/h5-13,21-22H,14-15H2,1-4H3,(H,28,31). The fraction of sp³-hybridized carbons (Fsp3) is 0.370. The van der Waals surface area contributed by atoms with Crippen molar-refractivity contribution in [1.29, 1.82) is 0 Å². The SMILES string of the molecule is CC1(C)C2CC(C(=O)NCc3ccc4ccc5cccc6ccc3c4c56)ON2C(C)(C)N1[O]. The van der Waals surface area contributed by atoms with Crippen molar-refractivity contribution in [3.8, 4) is 0 Å². The zero-order valence-corrected chi connectivity index (χ0v) is 19.4. The second-order valence-electron chi connectivity index (χ2n) is 10.4. The predicted molar refractivity (Wildman–Crippen MR) is 128 cm³/mol. The summed E-state index contributed by atoms with van der Waals surface area (Å²) in [5, 5.41) is 25.9. The summed E-state index contributed by atoms with van der Waals surface area (Å²) in [5.74, 6) is -0.140. The van der Waals surface area contributed by atoms with Crippen LogP contribution in [0.3, 0.4) is 0 Å². The van der Waals surface area contributed by atoms with Gasteiger partial charge in [-0.15, -0.1) is 10.3 Å². The minimum atomic E-state index is -0.810. The van der Waals surface area contributed by atoms with Crippen LogP contribution in [0, 0.1) is 0 Å². The first-order chi connectivity index (χ1) is 15.7. The molecule has 2 fully saturated rings. The largest absolute Gasteiger partial charge is 0.350 e. The topological polar surface area (TPSA) is 64.7 Å². The summed E-state index contributed by atoms with van der Waals surface area (Å²) in [6, 6.07) is 19.1. The highest BCUT2D eigenvalue weighted by atomic mass is 16.7. The first-order valence-corrected chi connectivity index (χ1v) is 11.6. The monoisotopic (exact) mass is 442 g/mol. The zero-order chi connectivity index (χ0) is 23.1. The molecule has 1 amide bonds. The van der Waals surface area contributed by atoms with Crippen molar-refractivity contribution in [2.75, 3.05) is 0 Å². The van der Waals surface area contributed by atoms with Gasteiger partial charge in [-0.2, -0.15) is 5.06 Å². The molecule has 6 heteroatoms. The molecular formula is C27H28N3O3. The quantitative estimate of drug-likeness (QED) is 0.465. The average Bonchev–Trinajstić information content (AvgIpc) is 3.32. The number of amides is 1. The minimum absolute atomic E-state index is 0.129. The maximum Gasteiger partial charge on any atom is 0.251 e. The molecule has 6 rings (SSSR count). The van der Waals surface area contributed by atoms with Crippen LogP contribution in [0.1, 0.15) is 39.7 Å². The Kier molecular flexibility index (Phi) is 4.33. The maximum atomic E-state index is 13.1. The lowest BCUT2D eigenvalue weighted by atomic mass is 9.91. The number of hydrogen-bond donors (Lipinski definition) is 1. The van der Waals surface area contributed by atoms with E-state index in [1.165, 1.54) is 26.9 Å². The molecule has 2 atom stereocenters. The Morgan fingerprint density at radius 3 is 2.30 bits per heavy atom. The number of hydrogen-bond acceptors (Lipinski definition) is 4. The molecule has 2 unspecified atom stereocenters. The lowest BCUT2D eigenvalue weighted by molar-refractivity contribution is -0.306. The van der Waals surface area contributed by atoms with Gasteiger partial charge in [0, 0.05) is 13.0 Å². The zero-order valence-electron chi connectivity index (χ0n) is 19.4. The third-order valence-corrected chi connectivity index (χ3v) is 7.70. The van der Waals surface area contributed by atoms with E-state index in [0.717, 1.165) is 16.0 Å². The van der Waals surface area contributed by atoms with Gasteiger partial charge in [0.25, 0.3) is 5.91 Å². The molecule has 1 radical (unpaired) electrons. The lowest BCUT2D eigenvalue weighted by Crippen LogP contribution is -2.51. The summed E-state index contributed by atoms with van der Waals surface area (Å²) in [5.41, 5.74) is -0.348. The highest BCUT2D eigenvalue weighted by Gasteiger charge is 2.63. The van der Waals surface area contributed by atoms with Gasteiger partial charge in [-0.25, -0.2) is 0 Å². The first-order valence-electron chi connectivity index (χ1n) is 11.6. The van der Waals surface area contributed by atoms with Crippen molar-refractivity contribution in [2.24, 2.45) is 0 Å². The van der Waals surface area contributed by atoms with Gasteiger partial charge in [0.2, 0.25) is 0 Å². The number of rotatable bonds is 3.